The number of unbranched alkanes of at least 4 members (excludes halogenated alkanes) is 2. The van der Waals surface area contributed by atoms with E-state index in [-0.39, 0.29) is 40.4 Å². The summed E-state index contributed by atoms with van der Waals surface area (Å²) >= 11 is 0. The first-order chi connectivity index (χ1) is 17.3. The molecule has 0 atom stereocenters. The smallest absolute Gasteiger partial charge is 0.319 e. The fraction of sp³-hybridized carbons (Fsp3) is 0.231. The zero-order valence-corrected chi connectivity index (χ0v) is 20.0. The minimum atomic E-state index is -0.426. The molecule has 0 aromatic heterocycles. The van der Waals surface area contributed by atoms with E-state index in [2.05, 4.69) is 28.2 Å². The Kier molecular flexibility index (Phi) is 11.2. The molecular weight excluding hydrogens is 464 g/mol. The largest absolute Gasteiger partial charge is 0.508 e. The Morgan fingerprint density at radius 3 is 1.72 bits per heavy atom. The number of rotatable bonds is 8. The van der Waals surface area contributed by atoms with E-state index in [9.17, 15) is 19.8 Å². The van der Waals surface area contributed by atoms with Crippen LogP contribution in [0.1, 0.15) is 31.7 Å². The molecule has 0 fully saturated rings. The lowest BCUT2D eigenvalue weighted by atomic mass is 10.2. The van der Waals surface area contributed by atoms with Crippen LogP contribution in [0.15, 0.2) is 66.7 Å². The average molecular weight is 497 g/mol. The molecule has 0 bridgehead atoms. The molecule has 0 saturated carbocycles. The van der Waals surface area contributed by atoms with Gasteiger partial charge in [-0.2, -0.15) is 0 Å². The van der Waals surface area contributed by atoms with E-state index in [0.29, 0.717) is 13.1 Å². The Balaban J connectivity index is 0.000000255. The summed E-state index contributed by atoms with van der Waals surface area (Å²) in [4.78, 5) is 23.0. The van der Waals surface area contributed by atoms with E-state index in [1.165, 1.54) is 30.3 Å². The molecule has 0 aliphatic rings. The minimum Gasteiger partial charge on any atom is -0.508 e. The first-order valence-corrected chi connectivity index (χ1v) is 11.5. The van der Waals surface area contributed by atoms with E-state index in [1.54, 1.807) is 0 Å². The lowest BCUT2D eigenvalue weighted by Crippen LogP contribution is -2.29. The van der Waals surface area contributed by atoms with Gasteiger partial charge in [-0.15, -0.1) is 0 Å². The van der Waals surface area contributed by atoms with Gasteiger partial charge in [-0.25, -0.2) is 9.59 Å². The van der Waals surface area contributed by atoms with E-state index < -0.39 is 6.03 Å². The van der Waals surface area contributed by atoms with Crippen molar-refractivity contribution in [2.45, 2.75) is 32.7 Å². The third-order valence-electron chi connectivity index (χ3n) is 4.82. The van der Waals surface area contributed by atoms with Crippen molar-refractivity contribution in [1.82, 2.24) is 10.6 Å². The Morgan fingerprint density at radius 2 is 1.22 bits per heavy atom. The zero-order valence-electron chi connectivity index (χ0n) is 20.0. The van der Waals surface area contributed by atoms with Crippen LogP contribution in [0.3, 0.4) is 0 Å². The summed E-state index contributed by atoms with van der Waals surface area (Å²) in [5, 5.41) is 47.5. The maximum absolute atomic E-state index is 11.6. The monoisotopic (exact) mass is 496 g/mol. The molecule has 0 unspecified atom stereocenters. The Labute approximate surface area is 209 Å². The number of hydrogen-bond acceptors (Lipinski definition) is 6. The SMILES string of the molecule is CCCCCNC(=O)Nc1ccc(O)cc1O.O=C(NCc1ccccc1)Nc1ccc(O)cc1O. The number of hydrogen-bond donors (Lipinski definition) is 8. The summed E-state index contributed by atoms with van der Waals surface area (Å²) in [6.07, 6.45) is 3.11. The van der Waals surface area contributed by atoms with Crippen molar-refractivity contribution < 1.29 is 30.0 Å². The lowest BCUT2D eigenvalue weighted by molar-refractivity contribution is 0.251. The number of amides is 4. The van der Waals surface area contributed by atoms with Crippen LogP contribution in [0.25, 0.3) is 0 Å². The topological polar surface area (TPSA) is 163 Å². The zero-order chi connectivity index (χ0) is 26.3. The number of phenols is 4. The van der Waals surface area contributed by atoms with Crippen molar-refractivity contribution >= 4 is 23.4 Å². The second-order valence-corrected chi connectivity index (χ2v) is 7.78. The number of nitrogens with one attached hydrogen (secondary N) is 4. The molecule has 10 nitrogen and oxygen atoms in total. The first-order valence-electron chi connectivity index (χ1n) is 11.5. The van der Waals surface area contributed by atoms with E-state index in [1.807, 2.05) is 30.3 Å². The van der Waals surface area contributed by atoms with Crippen molar-refractivity contribution in [2.24, 2.45) is 0 Å². The number of aromatic hydroxyl groups is 4. The van der Waals surface area contributed by atoms with Gasteiger partial charge in [0.15, 0.2) is 0 Å². The summed E-state index contributed by atoms with van der Waals surface area (Å²) in [6.45, 7) is 3.10. The molecule has 10 heteroatoms. The Bertz CT molecular complexity index is 1120. The lowest BCUT2D eigenvalue weighted by Gasteiger charge is -2.09. The van der Waals surface area contributed by atoms with E-state index in [0.717, 1.165) is 30.9 Å². The molecule has 0 radical (unpaired) electrons. The number of phenolic OH excluding ortho intramolecular Hbond substituents is 4. The molecule has 0 aliphatic heterocycles. The van der Waals surface area contributed by atoms with Gasteiger partial charge in [0.1, 0.15) is 23.0 Å². The molecular formula is C26H32N4O6. The van der Waals surface area contributed by atoms with E-state index in [4.69, 9.17) is 10.2 Å². The molecule has 0 spiro atoms. The quantitative estimate of drug-likeness (QED) is 0.126. The molecule has 36 heavy (non-hydrogen) atoms. The predicted molar refractivity (Wildman–Crippen MR) is 138 cm³/mol. The first kappa shape index (κ1) is 27.6. The third-order valence-corrected chi connectivity index (χ3v) is 4.82. The highest BCUT2D eigenvalue weighted by Gasteiger charge is 2.07. The highest BCUT2D eigenvalue weighted by atomic mass is 16.3. The maximum atomic E-state index is 11.6. The van der Waals surface area contributed by atoms with Crippen LogP contribution in [0.5, 0.6) is 23.0 Å². The fourth-order valence-electron chi connectivity index (χ4n) is 2.94. The van der Waals surface area contributed by atoms with Crippen molar-refractivity contribution in [2.75, 3.05) is 17.2 Å². The molecule has 3 aromatic carbocycles. The van der Waals surface area contributed by atoms with Crippen LogP contribution in [-0.2, 0) is 6.54 Å². The van der Waals surface area contributed by atoms with Crippen molar-refractivity contribution in [3.8, 4) is 23.0 Å². The number of benzene rings is 3. The third kappa shape index (κ3) is 10.1. The molecule has 0 aliphatic carbocycles. The number of carbonyl (C=O) groups is 2. The van der Waals surface area contributed by atoms with Gasteiger partial charge in [0, 0.05) is 25.2 Å². The Morgan fingerprint density at radius 1 is 0.694 bits per heavy atom. The number of carbonyl (C=O) groups excluding carboxylic acids is 2. The van der Waals surface area contributed by atoms with Gasteiger partial charge >= 0.3 is 12.1 Å². The maximum Gasteiger partial charge on any atom is 0.319 e. The number of anilines is 2. The van der Waals surface area contributed by atoms with Crippen LogP contribution in [0, 0.1) is 0 Å². The molecule has 0 heterocycles. The summed E-state index contributed by atoms with van der Waals surface area (Å²) in [5.74, 6) is -0.451. The van der Waals surface area contributed by atoms with Crippen LogP contribution in [-0.4, -0.2) is 39.0 Å². The summed E-state index contributed by atoms with van der Waals surface area (Å²) < 4.78 is 0. The minimum absolute atomic E-state index is 0.0450. The van der Waals surface area contributed by atoms with Gasteiger partial charge < -0.3 is 41.7 Å². The van der Waals surface area contributed by atoms with Crippen molar-refractivity contribution in [1.29, 1.82) is 0 Å². The van der Waals surface area contributed by atoms with Gasteiger partial charge in [-0.1, -0.05) is 50.1 Å². The predicted octanol–water partition coefficient (Wildman–Crippen LogP) is 4.83. The highest BCUT2D eigenvalue weighted by Crippen LogP contribution is 2.27. The van der Waals surface area contributed by atoms with Crippen LogP contribution in [0.4, 0.5) is 21.0 Å². The summed E-state index contributed by atoms with van der Waals surface area (Å²) in [5.41, 5.74) is 1.49. The van der Waals surface area contributed by atoms with Crippen LogP contribution in [0.2, 0.25) is 0 Å². The van der Waals surface area contributed by atoms with Gasteiger partial charge in [0.25, 0.3) is 0 Å². The van der Waals surface area contributed by atoms with Crippen molar-refractivity contribution in [3.63, 3.8) is 0 Å². The highest BCUT2D eigenvalue weighted by molar-refractivity contribution is 5.91. The molecule has 3 aromatic rings. The van der Waals surface area contributed by atoms with Gasteiger partial charge in [-0.3, -0.25) is 0 Å². The van der Waals surface area contributed by atoms with Crippen LogP contribution < -0.4 is 21.3 Å². The molecule has 192 valence electrons. The summed E-state index contributed by atoms with van der Waals surface area (Å²) in [6, 6.07) is 16.7. The van der Waals surface area contributed by atoms with E-state index >= 15 is 0 Å². The normalized spacial score (nSPS) is 9.92. The Hall–Kier alpha value is -4.60. The standard InChI is InChI=1S/C14H14N2O3.C12H18N2O3/c17-11-6-7-12(13(18)8-11)16-14(19)15-9-10-4-2-1-3-5-10;1-2-3-4-7-13-12(17)14-10-6-5-9(15)8-11(10)16/h1-8,17-18H,9H2,(H2,15,16,19);5-6,8,15-16H,2-4,7H2,1H3,(H2,13,14,17). The molecule has 8 N–H and O–H groups in total. The van der Waals surface area contributed by atoms with Crippen LogP contribution >= 0.6 is 0 Å². The van der Waals surface area contributed by atoms with Gasteiger partial charge in [0.05, 0.1) is 11.4 Å². The summed E-state index contributed by atoms with van der Waals surface area (Å²) in [7, 11) is 0. The average Bonchev–Trinajstić information content (AvgIpc) is 2.85. The fourth-order valence-corrected chi connectivity index (χ4v) is 2.94. The second kappa shape index (κ2) is 14.6. The second-order valence-electron chi connectivity index (χ2n) is 7.78. The molecule has 0 saturated heterocycles. The van der Waals surface area contributed by atoms with Crippen molar-refractivity contribution in [3.05, 3.63) is 72.3 Å². The van der Waals surface area contributed by atoms with Gasteiger partial charge in [0.2, 0.25) is 0 Å². The number of urea groups is 2. The molecule has 4 amide bonds. The van der Waals surface area contributed by atoms with Gasteiger partial charge in [-0.05, 0) is 36.2 Å². The molecule has 3 rings (SSSR count).